The van der Waals surface area contributed by atoms with Gasteiger partial charge in [0, 0.05) is 0 Å². The lowest BCUT2D eigenvalue weighted by Gasteiger charge is -2.18. The maximum absolute atomic E-state index is 11.9. The van der Waals surface area contributed by atoms with Gasteiger partial charge in [-0.1, -0.05) is 36.4 Å². The van der Waals surface area contributed by atoms with Crippen molar-refractivity contribution < 1.29 is 13.9 Å². The molecule has 0 amide bonds. The van der Waals surface area contributed by atoms with E-state index >= 15 is 0 Å². The van der Waals surface area contributed by atoms with Crippen molar-refractivity contribution in [1.29, 1.82) is 0 Å². The number of rotatable bonds is 5. The number of fused-ring (bicyclic) bond motifs is 1. The number of carbonyl (C=O) groups excluding carboxylic acids is 1. The summed E-state index contributed by atoms with van der Waals surface area (Å²) in [5.41, 5.74) is 2.73. The number of carbonyl (C=O) groups is 1. The van der Waals surface area contributed by atoms with Crippen LogP contribution in [0.1, 0.15) is 37.6 Å². The van der Waals surface area contributed by atoms with Gasteiger partial charge < -0.3 is 9.15 Å². The number of hydrogen-bond acceptors (Lipinski definition) is 7. The Kier molecular flexibility index (Phi) is 5.15. The molecule has 0 aliphatic carbocycles. The van der Waals surface area contributed by atoms with Gasteiger partial charge in [-0.3, -0.25) is 4.79 Å². The molecule has 7 heteroatoms. The first-order valence-electron chi connectivity index (χ1n) is 9.34. The zero-order valence-electron chi connectivity index (χ0n) is 16.5. The van der Waals surface area contributed by atoms with Crippen molar-refractivity contribution in [3.63, 3.8) is 0 Å². The van der Waals surface area contributed by atoms with Crippen LogP contribution in [0.3, 0.4) is 0 Å². The van der Waals surface area contributed by atoms with E-state index in [-0.39, 0.29) is 18.3 Å². The molecule has 2 heterocycles. The second-order valence-electron chi connectivity index (χ2n) is 7.69. The van der Waals surface area contributed by atoms with Gasteiger partial charge in [-0.2, -0.15) is 0 Å². The van der Waals surface area contributed by atoms with Crippen molar-refractivity contribution in [1.82, 2.24) is 15.2 Å². The Morgan fingerprint density at radius 1 is 1.03 bits per heavy atom. The van der Waals surface area contributed by atoms with Crippen LogP contribution >= 0.6 is 11.3 Å². The number of aromatic nitrogens is 3. The van der Waals surface area contributed by atoms with Crippen molar-refractivity contribution in [2.75, 3.05) is 0 Å². The molecule has 0 bridgehead atoms. The fourth-order valence-corrected chi connectivity index (χ4v) is 3.92. The third-order valence-electron chi connectivity index (χ3n) is 4.07. The molecule has 0 aliphatic heterocycles. The number of hydrogen-bond donors (Lipinski definition) is 0. The van der Waals surface area contributed by atoms with E-state index in [9.17, 15) is 4.79 Å². The molecule has 0 saturated carbocycles. The summed E-state index contributed by atoms with van der Waals surface area (Å²) in [6, 6.07) is 16.5. The molecule has 29 heavy (non-hydrogen) atoms. The molecule has 0 spiro atoms. The standard InChI is InChI=1S/C22H21N3O3S/c1-22(2,3)28-21(26)13-19-25-24-18(27-19)12-20-23-16-10-9-15(11-17(16)29-20)14-7-5-4-6-8-14/h4-11H,12-13H2,1-3H3. The average Bonchev–Trinajstić information content (AvgIpc) is 3.26. The minimum Gasteiger partial charge on any atom is -0.460 e. The molecule has 0 fully saturated rings. The van der Waals surface area contributed by atoms with E-state index in [1.165, 1.54) is 5.56 Å². The van der Waals surface area contributed by atoms with E-state index in [0.717, 1.165) is 20.8 Å². The highest BCUT2D eigenvalue weighted by Gasteiger charge is 2.19. The van der Waals surface area contributed by atoms with Gasteiger partial charge in [0.25, 0.3) is 0 Å². The van der Waals surface area contributed by atoms with Crippen LogP contribution in [0.5, 0.6) is 0 Å². The summed E-state index contributed by atoms with van der Waals surface area (Å²) in [7, 11) is 0. The summed E-state index contributed by atoms with van der Waals surface area (Å²) in [5.74, 6) is 0.300. The molecule has 0 saturated heterocycles. The summed E-state index contributed by atoms with van der Waals surface area (Å²) < 4.78 is 12.0. The van der Waals surface area contributed by atoms with Crippen LogP contribution in [0, 0.1) is 0 Å². The third kappa shape index (κ3) is 4.86. The van der Waals surface area contributed by atoms with Gasteiger partial charge in [0.2, 0.25) is 11.8 Å². The number of ether oxygens (including phenoxy) is 1. The Labute approximate surface area is 172 Å². The largest absolute Gasteiger partial charge is 0.460 e. The van der Waals surface area contributed by atoms with Crippen LogP contribution in [-0.2, 0) is 22.4 Å². The van der Waals surface area contributed by atoms with Crippen LogP contribution in [0.15, 0.2) is 52.9 Å². The maximum atomic E-state index is 11.9. The first-order chi connectivity index (χ1) is 13.9. The summed E-state index contributed by atoms with van der Waals surface area (Å²) in [6.45, 7) is 5.46. The zero-order valence-corrected chi connectivity index (χ0v) is 17.3. The number of thiazole rings is 1. The smallest absolute Gasteiger partial charge is 0.315 e. The molecule has 0 aliphatic rings. The van der Waals surface area contributed by atoms with Crippen LogP contribution in [-0.4, -0.2) is 26.8 Å². The molecule has 0 atom stereocenters. The Morgan fingerprint density at radius 2 is 1.79 bits per heavy atom. The van der Waals surface area contributed by atoms with Gasteiger partial charge >= 0.3 is 5.97 Å². The molecule has 148 valence electrons. The SMILES string of the molecule is CC(C)(C)OC(=O)Cc1nnc(Cc2nc3ccc(-c4ccccc4)cc3s2)o1. The first-order valence-corrected chi connectivity index (χ1v) is 10.2. The normalized spacial score (nSPS) is 11.7. The maximum Gasteiger partial charge on any atom is 0.315 e. The molecule has 4 aromatic rings. The molecule has 0 radical (unpaired) electrons. The van der Waals surface area contributed by atoms with Gasteiger partial charge in [-0.15, -0.1) is 21.5 Å². The van der Waals surface area contributed by atoms with Gasteiger partial charge in [-0.05, 0) is 44.0 Å². The molecule has 0 unspecified atom stereocenters. The van der Waals surface area contributed by atoms with E-state index < -0.39 is 5.60 Å². The van der Waals surface area contributed by atoms with E-state index in [4.69, 9.17) is 9.15 Å². The quantitative estimate of drug-likeness (QED) is 0.441. The highest BCUT2D eigenvalue weighted by atomic mass is 32.1. The lowest BCUT2D eigenvalue weighted by Crippen LogP contribution is -2.24. The topological polar surface area (TPSA) is 78.1 Å². The first kappa shape index (κ1) is 19.3. The third-order valence-corrected chi connectivity index (χ3v) is 5.08. The molecule has 0 N–H and O–H groups in total. The van der Waals surface area contributed by atoms with E-state index in [0.29, 0.717) is 12.3 Å². The fraction of sp³-hybridized carbons (Fsp3) is 0.273. The molecular formula is C22H21N3O3S. The predicted molar refractivity (Wildman–Crippen MR) is 112 cm³/mol. The Bertz CT molecular complexity index is 1140. The van der Waals surface area contributed by atoms with E-state index in [2.05, 4.69) is 39.4 Å². The van der Waals surface area contributed by atoms with Gasteiger partial charge in [0.05, 0.1) is 16.6 Å². The van der Waals surface area contributed by atoms with Crippen LogP contribution in [0.25, 0.3) is 21.3 Å². The van der Waals surface area contributed by atoms with Gasteiger partial charge in [-0.25, -0.2) is 4.98 Å². The van der Waals surface area contributed by atoms with E-state index in [1.54, 1.807) is 11.3 Å². The average molecular weight is 407 g/mol. The lowest BCUT2D eigenvalue weighted by atomic mass is 10.1. The molecule has 2 aromatic carbocycles. The number of nitrogens with zero attached hydrogens (tertiary/aromatic N) is 3. The minimum absolute atomic E-state index is 0.0372. The summed E-state index contributed by atoms with van der Waals surface area (Å²) >= 11 is 1.60. The van der Waals surface area contributed by atoms with Gasteiger partial charge in [0.15, 0.2) is 0 Å². The van der Waals surface area contributed by atoms with Crippen LogP contribution in [0.2, 0.25) is 0 Å². The highest BCUT2D eigenvalue weighted by Crippen LogP contribution is 2.29. The summed E-state index contributed by atoms with van der Waals surface area (Å²) in [6.07, 6.45) is 0.395. The van der Waals surface area contributed by atoms with Crippen molar-refractivity contribution >= 4 is 27.5 Å². The highest BCUT2D eigenvalue weighted by molar-refractivity contribution is 7.18. The van der Waals surface area contributed by atoms with Crippen LogP contribution in [0.4, 0.5) is 0 Å². The van der Waals surface area contributed by atoms with Crippen molar-refractivity contribution in [3.05, 3.63) is 65.3 Å². The Morgan fingerprint density at radius 3 is 2.55 bits per heavy atom. The number of esters is 1. The molecule has 2 aromatic heterocycles. The molecular weight excluding hydrogens is 386 g/mol. The zero-order chi connectivity index (χ0) is 20.4. The van der Waals surface area contributed by atoms with Crippen molar-refractivity contribution in [2.24, 2.45) is 0 Å². The van der Waals surface area contributed by atoms with E-state index in [1.807, 2.05) is 45.0 Å². The van der Waals surface area contributed by atoms with Crippen molar-refractivity contribution in [2.45, 2.75) is 39.2 Å². The lowest BCUT2D eigenvalue weighted by molar-refractivity contribution is -0.154. The second kappa shape index (κ2) is 7.75. The minimum atomic E-state index is -0.542. The Balaban J connectivity index is 1.47. The molecule has 4 rings (SSSR count). The number of benzene rings is 2. The van der Waals surface area contributed by atoms with Crippen LogP contribution < -0.4 is 0 Å². The summed E-state index contributed by atoms with van der Waals surface area (Å²) in [4.78, 5) is 16.6. The fourth-order valence-electron chi connectivity index (χ4n) is 2.92. The molecule has 6 nitrogen and oxygen atoms in total. The monoisotopic (exact) mass is 407 g/mol. The summed E-state index contributed by atoms with van der Waals surface area (Å²) in [5, 5.41) is 8.87. The van der Waals surface area contributed by atoms with Gasteiger partial charge in [0.1, 0.15) is 17.0 Å². The van der Waals surface area contributed by atoms with Crippen molar-refractivity contribution in [3.8, 4) is 11.1 Å². The second-order valence-corrected chi connectivity index (χ2v) is 8.80. The predicted octanol–water partition coefficient (Wildman–Crippen LogP) is 4.82. The Hall–Kier alpha value is -3.06.